The molecule has 0 atom stereocenters. The summed E-state index contributed by atoms with van der Waals surface area (Å²) in [5, 5.41) is 0. The first kappa shape index (κ1) is 14.6. The molecule has 0 aliphatic rings. The SMILES string of the molecule is C=CCC(=O)P(=O)(OCCC)OCCC. The Kier molecular flexibility index (Phi) is 7.57. The highest BCUT2D eigenvalue weighted by Crippen LogP contribution is 2.50. The van der Waals surface area contributed by atoms with E-state index in [4.69, 9.17) is 9.05 Å². The first-order chi connectivity index (χ1) is 7.10. The van der Waals surface area contributed by atoms with Gasteiger partial charge in [-0.2, -0.15) is 0 Å². The van der Waals surface area contributed by atoms with Gasteiger partial charge in [0.15, 0.2) is 0 Å². The van der Waals surface area contributed by atoms with Gasteiger partial charge in [-0.1, -0.05) is 19.9 Å². The number of carbonyl (C=O) groups is 1. The van der Waals surface area contributed by atoms with Gasteiger partial charge in [-0.15, -0.1) is 6.58 Å². The Hall–Kier alpha value is -0.440. The fourth-order valence-electron chi connectivity index (χ4n) is 0.839. The Labute approximate surface area is 91.2 Å². The average molecular weight is 234 g/mol. The van der Waals surface area contributed by atoms with Gasteiger partial charge in [-0.25, -0.2) is 0 Å². The second-order valence-electron chi connectivity index (χ2n) is 3.05. The molecule has 0 amide bonds. The van der Waals surface area contributed by atoms with Gasteiger partial charge in [0.05, 0.1) is 13.2 Å². The van der Waals surface area contributed by atoms with Crippen molar-refractivity contribution in [3.05, 3.63) is 12.7 Å². The third-order valence-electron chi connectivity index (χ3n) is 1.56. The Morgan fingerprint density at radius 3 is 2.07 bits per heavy atom. The highest BCUT2D eigenvalue weighted by atomic mass is 31.2. The first-order valence-corrected chi connectivity index (χ1v) is 6.68. The van der Waals surface area contributed by atoms with Crippen LogP contribution in [0.4, 0.5) is 0 Å². The summed E-state index contributed by atoms with van der Waals surface area (Å²) in [6.45, 7) is 7.71. The van der Waals surface area contributed by atoms with Crippen molar-refractivity contribution in [2.75, 3.05) is 13.2 Å². The van der Waals surface area contributed by atoms with E-state index in [2.05, 4.69) is 6.58 Å². The third kappa shape index (κ3) is 5.26. The van der Waals surface area contributed by atoms with Crippen molar-refractivity contribution in [3.63, 3.8) is 0 Å². The maximum absolute atomic E-state index is 12.0. The Bertz CT molecular complexity index is 238. The van der Waals surface area contributed by atoms with E-state index < -0.39 is 13.1 Å². The first-order valence-electron chi connectivity index (χ1n) is 5.14. The summed E-state index contributed by atoms with van der Waals surface area (Å²) in [4.78, 5) is 11.5. The van der Waals surface area contributed by atoms with Crippen molar-refractivity contribution in [1.29, 1.82) is 0 Å². The lowest BCUT2D eigenvalue weighted by molar-refractivity contribution is -0.113. The van der Waals surface area contributed by atoms with Crippen LogP contribution in [0.25, 0.3) is 0 Å². The molecule has 0 bridgehead atoms. The van der Waals surface area contributed by atoms with Gasteiger partial charge in [0.2, 0.25) is 5.52 Å². The van der Waals surface area contributed by atoms with E-state index >= 15 is 0 Å². The molecule has 0 aromatic heterocycles. The van der Waals surface area contributed by atoms with Gasteiger partial charge in [0.1, 0.15) is 0 Å². The van der Waals surface area contributed by atoms with Crippen LogP contribution in [-0.2, 0) is 18.4 Å². The lowest BCUT2D eigenvalue weighted by atomic mass is 10.5. The minimum Gasteiger partial charge on any atom is -0.303 e. The van der Waals surface area contributed by atoms with Gasteiger partial charge >= 0.3 is 7.60 Å². The molecule has 0 aliphatic heterocycles. The predicted molar refractivity (Wildman–Crippen MR) is 59.9 cm³/mol. The average Bonchev–Trinajstić information content (AvgIpc) is 2.24. The summed E-state index contributed by atoms with van der Waals surface area (Å²) >= 11 is 0. The fraction of sp³-hybridized carbons (Fsp3) is 0.700. The molecule has 0 fully saturated rings. The van der Waals surface area contributed by atoms with Gasteiger partial charge in [-0.05, 0) is 12.8 Å². The van der Waals surface area contributed by atoms with Crippen LogP contribution in [0.15, 0.2) is 12.7 Å². The van der Waals surface area contributed by atoms with Crippen LogP contribution in [-0.4, -0.2) is 18.7 Å². The van der Waals surface area contributed by atoms with E-state index in [-0.39, 0.29) is 19.6 Å². The van der Waals surface area contributed by atoms with Crippen LogP contribution in [0.1, 0.15) is 33.1 Å². The molecule has 0 aromatic rings. The van der Waals surface area contributed by atoms with Crippen LogP contribution < -0.4 is 0 Å². The van der Waals surface area contributed by atoms with E-state index in [0.29, 0.717) is 12.8 Å². The van der Waals surface area contributed by atoms with Crippen molar-refractivity contribution in [2.45, 2.75) is 33.1 Å². The third-order valence-corrected chi connectivity index (χ3v) is 3.39. The standard InChI is InChI=1S/C10H19O4P/c1-4-7-10(11)15(12,13-8-5-2)14-9-6-3/h4H,1,5-9H2,2-3H3. The van der Waals surface area contributed by atoms with E-state index in [1.807, 2.05) is 13.8 Å². The second-order valence-corrected chi connectivity index (χ2v) is 5.06. The summed E-state index contributed by atoms with van der Waals surface area (Å²) in [6, 6.07) is 0. The molecular formula is C10H19O4P. The molecule has 0 saturated carbocycles. The summed E-state index contributed by atoms with van der Waals surface area (Å²) in [5.74, 6) is 0. The summed E-state index contributed by atoms with van der Waals surface area (Å²) < 4.78 is 22.0. The van der Waals surface area contributed by atoms with Crippen LogP contribution in [0.3, 0.4) is 0 Å². The maximum atomic E-state index is 12.0. The number of rotatable bonds is 9. The number of carbonyl (C=O) groups excluding carboxylic acids is 1. The van der Waals surface area contributed by atoms with Gasteiger partial charge < -0.3 is 9.05 Å². The molecular weight excluding hydrogens is 215 g/mol. The minimum absolute atomic E-state index is 0.0186. The molecule has 0 unspecified atom stereocenters. The van der Waals surface area contributed by atoms with Crippen LogP contribution in [0, 0.1) is 0 Å². The van der Waals surface area contributed by atoms with Crippen molar-refractivity contribution in [3.8, 4) is 0 Å². The molecule has 5 heteroatoms. The molecule has 0 N–H and O–H groups in total. The number of allylic oxidation sites excluding steroid dienone is 1. The quantitative estimate of drug-likeness (QED) is 0.454. The zero-order chi connectivity index (χ0) is 11.7. The molecule has 0 saturated heterocycles. The fourth-order valence-corrected chi connectivity index (χ4v) is 2.40. The van der Waals surface area contributed by atoms with E-state index in [0.717, 1.165) is 0 Å². The zero-order valence-electron chi connectivity index (χ0n) is 9.40. The predicted octanol–water partition coefficient (Wildman–Crippen LogP) is 3.14. The van der Waals surface area contributed by atoms with E-state index in [9.17, 15) is 9.36 Å². The van der Waals surface area contributed by atoms with Crippen molar-refractivity contribution < 1.29 is 18.4 Å². The highest BCUT2D eigenvalue weighted by molar-refractivity contribution is 7.71. The second kappa shape index (κ2) is 7.80. The molecule has 0 spiro atoms. The monoisotopic (exact) mass is 234 g/mol. The summed E-state index contributed by atoms with van der Waals surface area (Å²) in [7, 11) is -3.57. The molecule has 0 radical (unpaired) electrons. The summed E-state index contributed by atoms with van der Waals surface area (Å²) in [6.07, 6.45) is 2.81. The Morgan fingerprint density at radius 1 is 1.27 bits per heavy atom. The highest BCUT2D eigenvalue weighted by Gasteiger charge is 2.32. The topological polar surface area (TPSA) is 52.6 Å². The molecule has 88 valence electrons. The van der Waals surface area contributed by atoms with Crippen LogP contribution >= 0.6 is 7.60 Å². The molecule has 4 nitrogen and oxygen atoms in total. The normalized spacial score (nSPS) is 11.3. The van der Waals surface area contributed by atoms with Crippen molar-refractivity contribution >= 4 is 13.1 Å². The molecule has 0 rings (SSSR count). The van der Waals surface area contributed by atoms with Crippen molar-refractivity contribution in [2.24, 2.45) is 0 Å². The Morgan fingerprint density at radius 2 is 1.73 bits per heavy atom. The molecule has 15 heavy (non-hydrogen) atoms. The van der Waals surface area contributed by atoms with Gasteiger partial charge in [-0.3, -0.25) is 9.36 Å². The van der Waals surface area contributed by atoms with E-state index in [1.165, 1.54) is 6.08 Å². The smallest absolute Gasteiger partial charge is 0.303 e. The van der Waals surface area contributed by atoms with Crippen LogP contribution in [0.2, 0.25) is 0 Å². The minimum atomic E-state index is -3.57. The van der Waals surface area contributed by atoms with Gasteiger partial charge in [0.25, 0.3) is 0 Å². The molecule has 0 aliphatic carbocycles. The van der Waals surface area contributed by atoms with Crippen LogP contribution in [0.5, 0.6) is 0 Å². The largest absolute Gasteiger partial charge is 0.397 e. The number of hydrogen-bond donors (Lipinski definition) is 0. The maximum Gasteiger partial charge on any atom is 0.397 e. The number of hydrogen-bond acceptors (Lipinski definition) is 4. The van der Waals surface area contributed by atoms with Crippen molar-refractivity contribution in [1.82, 2.24) is 0 Å². The molecule has 0 heterocycles. The summed E-state index contributed by atoms with van der Waals surface area (Å²) in [5.41, 5.74) is -0.514. The van der Waals surface area contributed by atoms with Gasteiger partial charge in [0, 0.05) is 6.42 Å². The zero-order valence-corrected chi connectivity index (χ0v) is 10.3. The molecule has 0 aromatic carbocycles. The van der Waals surface area contributed by atoms with E-state index in [1.54, 1.807) is 0 Å². The lowest BCUT2D eigenvalue weighted by Gasteiger charge is -2.15. The lowest BCUT2D eigenvalue weighted by Crippen LogP contribution is -2.07. The Balaban J connectivity index is 4.45.